The van der Waals surface area contributed by atoms with Crippen LogP contribution in [0.15, 0.2) is 23.2 Å². The van der Waals surface area contributed by atoms with Crippen molar-refractivity contribution in [3.05, 3.63) is 34.9 Å². The van der Waals surface area contributed by atoms with Crippen LogP contribution in [0.4, 0.5) is 13.2 Å². The average molecular weight is 429 g/mol. The second kappa shape index (κ2) is 6.56. The number of aliphatic hydroxyl groups excluding tert-OH is 1. The van der Waals surface area contributed by atoms with Crippen LogP contribution in [0, 0.1) is 5.41 Å². The lowest BCUT2D eigenvalue weighted by Gasteiger charge is -2.48. The summed E-state index contributed by atoms with van der Waals surface area (Å²) < 4.78 is 45.2. The van der Waals surface area contributed by atoms with Gasteiger partial charge in [-0.05, 0) is 49.3 Å². The molecule has 0 radical (unpaired) electrons. The molecule has 1 aliphatic heterocycles. The van der Waals surface area contributed by atoms with E-state index in [0.29, 0.717) is 24.8 Å². The van der Waals surface area contributed by atoms with Gasteiger partial charge in [0.05, 0.1) is 6.10 Å². The summed E-state index contributed by atoms with van der Waals surface area (Å²) >= 11 is 0. The monoisotopic (exact) mass is 429 g/mol. The van der Waals surface area contributed by atoms with E-state index in [1.54, 1.807) is 14.2 Å². The maximum absolute atomic E-state index is 13.3. The lowest BCUT2D eigenvalue weighted by Crippen LogP contribution is -2.54. The van der Waals surface area contributed by atoms with Crippen molar-refractivity contribution in [1.82, 2.24) is 4.90 Å². The highest BCUT2D eigenvalue weighted by Crippen LogP contribution is 2.63. The minimum absolute atomic E-state index is 0.0670. The van der Waals surface area contributed by atoms with Gasteiger partial charge in [0.15, 0.2) is 12.2 Å². The molecule has 2 unspecified atom stereocenters. The molecule has 2 spiro atoms. The van der Waals surface area contributed by atoms with Gasteiger partial charge in [-0.15, -0.1) is 0 Å². The molecule has 0 amide bonds. The van der Waals surface area contributed by atoms with E-state index in [1.165, 1.54) is 11.0 Å². The number of nitrogens with two attached hydrogens (primary N) is 1. The van der Waals surface area contributed by atoms with Crippen molar-refractivity contribution in [2.24, 2.45) is 16.1 Å². The Morgan fingerprint density at radius 3 is 2.37 bits per heavy atom. The molecule has 0 aromatic heterocycles. The molecule has 7 nitrogen and oxygen atoms in total. The van der Waals surface area contributed by atoms with Crippen LogP contribution in [0.25, 0.3) is 0 Å². The van der Waals surface area contributed by atoms with Crippen molar-refractivity contribution in [2.45, 2.75) is 61.9 Å². The van der Waals surface area contributed by atoms with Crippen molar-refractivity contribution < 1.29 is 33.2 Å². The summed E-state index contributed by atoms with van der Waals surface area (Å²) in [5.74, 6) is -3.93. The number of methoxy groups -OCH3 is 1. The molecule has 2 aliphatic carbocycles. The zero-order valence-corrected chi connectivity index (χ0v) is 16.8. The van der Waals surface area contributed by atoms with Crippen molar-refractivity contribution in [3.63, 3.8) is 0 Å². The Morgan fingerprint density at radius 1 is 1.23 bits per heavy atom. The molecule has 30 heavy (non-hydrogen) atoms. The molecule has 3 aliphatic rings. The van der Waals surface area contributed by atoms with Gasteiger partial charge < -0.3 is 30.7 Å². The molecule has 166 valence electrons. The summed E-state index contributed by atoms with van der Waals surface area (Å²) in [5, 5.41) is 30.8. The number of aliphatic hydroxyl groups is 3. The van der Waals surface area contributed by atoms with Gasteiger partial charge in [0.2, 0.25) is 0 Å². The largest absolute Gasteiger partial charge is 0.447 e. The van der Waals surface area contributed by atoms with Gasteiger partial charge >= 0.3 is 6.18 Å². The zero-order chi connectivity index (χ0) is 22.1. The fourth-order valence-electron chi connectivity index (χ4n) is 5.50. The molecule has 10 heteroatoms. The highest BCUT2D eigenvalue weighted by Gasteiger charge is 2.66. The third-order valence-corrected chi connectivity index (χ3v) is 7.27. The summed E-state index contributed by atoms with van der Waals surface area (Å²) in [6.45, 7) is 0. The second-order valence-corrected chi connectivity index (χ2v) is 8.66. The molecule has 4 rings (SSSR count). The van der Waals surface area contributed by atoms with E-state index in [-0.39, 0.29) is 12.1 Å². The first-order valence-corrected chi connectivity index (χ1v) is 9.84. The maximum atomic E-state index is 13.3. The molecular weight excluding hydrogens is 403 g/mol. The summed E-state index contributed by atoms with van der Waals surface area (Å²) in [4.78, 5) is 6.02. The van der Waals surface area contributed by atoms with Crippen LogP contribution in [-0.2, 0) is 22.5 Å². The summed E-state index contributed by atoms with van der Waals surface area (Å²) in [7, 11) is 3.22. The number of fused-ring (bicyclic) bond motifs is 3. The molecule has 0 bridgehead atoms. The molecule has 1 aromatic carbocycles. The van der Waals surface area contributed by atoms with Crippen LogP contribution in [-0.4, -0.2) is 58.8 Å². The highest BCUT2D eigenvalue weighted by atomic mass is 19.4. The number of halogens is 3. The van der Waals surface area contributed by atoms with E-state index in [0.717, 1.165) is 30.5 Å². The molecule has 1 saturated carbocycles. The Balaban J connectivity index is 1.88. The first-order chi connectivity index (χ1) is 13.9. The number of ether oxygens (including phenoxy) is 1. The molecule has 0 saturated heterocycles. The minimum atomic E-state index is -5.28. The number of aliphatic imine (C=N–C) groups is 1. The lowest BCUT2D eigenvalue weighted by atomic mass is 9.61. The number of benzene rings is 1. The van der Waals surface area contributed by atoms with Crippen molar-refractivity contribution in [2.75, 3.05) is 14.2 Å². The van der Waals surface area contributed by atoms with E-state index in [1.807, 2.05) is 0 Å². The summed E-state index contributed by atoms with van der Waals surface area (Å²) in [5.41, 5.74) is 4.53. The molecule has 1 fully saturated rings. The summed E-state index contributed by atoms with van der Waals surface area (Å²) in [6, 6.07) is 3.64. The van der Waals surface area contributed by atoms with E-state index in [4.69, 9.17) is 10.5 Å². The number of likely N-dealkylation sites (N-methyl/N-ethyl adjacent to an activating group) is 1. The topological polar surface area (TPSA) is 112 Å². The van der Waals surface area contributed by atoms with Gasteiger partial charge in [-0.25, -0.2) is 4.99 Å². The number of nitrogens with zero attached hydrogens (tertiary/aromatic N) is 2. The van der Waals surface area contributed by atoms with E-state index in [2.05, 4.69) is 4.99 Å². The zero-order valence-electron chi connectivity index (χ0n) is 16.8. The van der Waals surface area contributed by atoms with Crippen molar-refractivity contribution in [3.8, 4) is 0 Å². The first kappa shape index (κ1) is 21.4. The number of alkyl halides is 3. The third kappa shape index (κ3) is 2.63. The minimum Gasteiger partial charge on any atom is -0.381 e. The second-order valence-electron chi connectivity index (χ2n) is 8.66. The normalized spacial score (nSPS) is 34.0. The van der Waals surface area contributed by atoms with E-state index >= 15 is 0 Å². The van der Waals surface area contributed by atoms with Crippen LogP contribution in [0.2, 0.25) is 0 Å². The van der Waals surface area contributed by atoms with Gasteiger partial charge in [0, 0.05) is 25.1 Å². The van der Waals surface area contributed by atoms with Crippen LogP contribution >= 0.6 is 0 Å². The molecule has 1 heterocycles. The SMILES string of the molecule is COC1CCC2(CC1)Cc1ccc(C(O)(O)C(F)(F)F)cc1C21N=C(N)N(C)C1O. The fraction of sp³-hybridized carbons (Fsp3) is 0.650. The molecule has 5 N–H and O–H groups in total. The fourth-order valence-corrected chi connectivity index (χ4v) is 5.50. The smallest absolute Gasteiger partial charge is 0.381 e. The van der Waals surface area contributed by atoms with Crippen molar-refractivity contribution >= 4 is 5.96 Å². The number of hydrogen-bond donors (Lipinski definition) is 4. The van der Waals surface area contributed by atoms with Crippen molar-refractivity contribution in [1.29, 1.82) is 0 Å². The Kier molecular flexibility index (Phi) is 4.67. The van der Waals surface area contributed by atoms with Gasteiger partial charge in [0.1, 0.15) is 5.54 Å². The highest BCUT2D eigenvalue weighted by molar-refractivity contribution is 5.82. The van der Waals surface area contributed by atoms with Gasteiger partial charge in [-0.2, -0.15) is 13.2 Å². The van der Waals surface area contributed by atoms with Gasteiger partial charge in [-0.1, -0.05) is 12.1 Å². The summed E-state index contributed by atoms with van der Waals surface area (Å²) in [6.07, 6.45) is -3.19. The maximum Gasteiger partial charge on any atom is 0.447 e. The van der Waals surface area contributed by atoms with Gasteiger partial charge in [-0.3, -0.25) is 0 Å². The predicted octanol–water partition coefficient (Wildman–Crippen LogP) is 1.29. The van der Waals surface area contributed by atoms with E-state index < -0.39 is 34.7 Å². The first-order valence-electron chi connectivity index (χ1n) is 9.84. The quantitative estimate of drug-likeness (QED) is 0.528. The Hall–Kier alpha value is -1.88. The van der Waals surface area contributed by atoms with Crippen LogP contribution < -0.4 is 5.73 Å². The Bertz CT molecular complexity index is 881. The van der Waals surface area contributed by atoms with Crippen LogP contribution in [0.1, 0.15) is 42.4 Å². The standard InChI is InChI=1S/C20H26F3N3O4/c1-26-15(27)18(25-16(26)24)14-9-12(19(28,29)20(21,22)23)4-3-11(14)10-17(18)7-5-13(30-2)6-8-17/h3-4,9,13,15,27-29H,5-8,10H2,1-2H3,(H2,24,25). The predicted molar refractivity (Wildman–Crippen MR) is 101 cm³/mol. The molecule has 1 aromatic rings. The van der Waals surface area contributed by atoms with E-state index in [9.17, 15) is 28.5 Å². The Labute approximate surface area is 172 Å². The van der Waals surface area contributed by atoms with Gasteiger partial charge in [0.25, 0.3) is 5.79 Å². The number of guanidine groups is 1. The average Bonchev–Trinajstić information content (AvgIpc) is 3.08. The Morgan fingerprint density at radius 2 is 1.87 bits per heavy atom. The number of hydrogen-bond acceptors (Lipinski definition) is 7. The number of rotatable bonds is 2. The molecule has 2 atom stereocenters. The lowest BCUT2D eigenvalue weighted by molar-refractivity contribution is -0.358. The third-order valence-electron chi connectivity index (χ3n) is 7.27. The van der Waals surface area contributed by atoms with Crippen LogP contribution in [0.5, 0.6) is 0 Å². The van der Waals surface area contributed by atoms with Crippen LogP contribution in [0.3, 0.4) is 0 Å². The molecular formula is C20H26F3N3O4.